The van der Waals surface area contributed by atoms with E-state index < -0.39 is 0 Å². The molecule has 0 spiro atoms. The second kappa shape index (κ2) is 6.59. The van der Waals surface area contributed by atoms with Crippen molar-refractivity contribution in [2.45, 2.75) is 38.6 Å². The lowest BCUT2D eigenvalue weighted by atomic mass is 9.96. The number of nitrogens with zero attached hydrogens (tertiary/aromatic N) is 1. The van der Waals surface area contributed by atoms with Gasteiger partial charge in [0.2, 0.25) is 11.8 Å². The largest absolute Gasteiger partial charge is 0.359 e. The molecule has 1 aliphatic heterocycles. The van der Waals surface area contributed by atoms with Crippen molar-refractivity contribution in [3.05, 3.63) is 0 Å². The first-order valence-corrected chi connectivity index (χ1v) is 6.29. The standard InChI is InChI=1S/C12H23N3O2/c1-9(13)5-6-11(16)15-7-3-4-10(8-15)12(17)14-2/h9-10H,3-8,13H2,1-2H3,(H,14,17). The molecule has 1 saturated heterocycles. The molecule has 0 radical (unpaired) electrons. The predicted molar refractivity (Wildman–Crippen MR) is 66.3 cm³/mol. The summed E-state index contributed by atoms with van der Waals surface area (Å²) in [6.45, 7) is 3.22. The van der Waals surface area contributed by atoms with Crippen LogP contribution >= 0.6 is 0 Å². The SMILES string of the molecule is CNC(=O)C1CCCN(C(=O)CCC(C)N)C1. The third-order valence-corrected chi connectivity index (χ3v) is 3.20. The number of piperidine rings is 1. The quantitative estimate of drug-likeness (QED) is 0.733. The molecule has 1 fully saturated rings. The second-order valence-electron chi connectivity index (χ2n) is 4.81. The lowest BCUT2D eigenvalue weighted by Crippen LogP contribution is -2.45. The number of hydrogen-bond donors (Lipinski definition) is 2. The Hall–Kier alpha value is -1.10. The van der Waals surface area contributed by atoms with Crippen LogP contribution in [-0.2, 0) is 9.59 Å². The zero-order valence-electron chi connectivity index (χ0n) is 10.7. The fourth-order valence-corrected chi connectivity index (χ4v) is 2.13. The van der Waals surface area contributed by atoms with E-state index in [4.69, 9.17) is 5.73 Å². The van der Waals surface area contributed by atoms with E-state index >= 15 is 0 Å². The van der Waals surface area contributed by atoms with E-state index in [2.05, 4.69) is 5.32 Å². The molecule has 2 amide bonds. The average molecular weight is 241 g/mol. The van der Waals surface area contributed by atoms with Gasteiger partial charge in [0.25, 0.3) is 0 Å². The van der Waals surface area contributed by atoms with Gasteiger partial charge in [0, 0.05) is 32.6 Å². The average Bonchev–Trinajstić information content (AvgIpc) is 2.35. The third kappa shape index (κ3) is 4.34. The van der Waals surface area contributed by atoms with Crippen molar-refractivity contribution in [2.75, 3.05) is 20.1 Å². The molecule has 1 heterocycles. The van der Waals surface area contributed by atoms with Crippen LogP contribution in [0.1, 0.15) is 32.6 Å². The lowest BCUT2D eigenvalue weighted by molar-refractivity contribution is -0.135. The number of amides is 2. The van der Waals surface area contributed by atoms with Gasteiger partial charge in [0.05, 0.1) is 5.92 Å². The van der Waals surface area contributed by atoms with Gasteiger partial charge in [-0.3, -0.25) is 9.59 Å². The minimum Gasteiger partial charge on any atom is -0.359 e. The van der Waals surface area contributed by atoms with Crippen LogP contribution in [0.5, 0.6) is 0 Å². The van der Waals surface area contributed by atoms with Gasteiger partial charge in [0.15, 0.2) is 0 Å². The predicted octanol–water partition coefficient (Wildman–Crippen LogP) is 0.0984. The van der Waals surface area contributed by atoms with Crippen molar-refractivity contribution in [2.24, 2.45) is 11.7 Å². The second-order valence-corrected chi connectivity index (χ2v) is 4.81. The van der Waals surface area contributed by atoms with Crippen LogP contribution in [0.3, 0.4) is 0 Å². The number of nitrogens with one attached hydrogen (secondary N) is 1. The third-order valence-electron chi connectivity index (χ3n) is 3.20. The summed E-state index contributed by atoms with van der Waals surface area (Å²) in [5, 5.41) is 2.65. The highest BCUT2D eigenvalue weighted by atomic mass is 16.2. The molecule has 0 saturated carbocycles. The summed E-state index contributed by atoms with van der Waals surface area (Å²) in [7, 11) is 1.64. The molecule has 0 aliphatic carbocycles. The Morgan fingerprint density at radius 2 is 2.24 bits per heavy atom. The normalized spacial score (nSPS) is 22.1. The summed E-state index contributed by atoms with van der Waals surface area (Å²) < 4.78 is 0. The van der Waals surface area contributed by atoms with Crippen LogP contribution in [0.25, 0.3) is 0 Å². The van der Waals surface area contributed by atoms with Gasteiger partial charge in [-0.1, -0.05) is 0 Å². The van der Waals surface area contributed by atoms with Gasteiger partial charge in [-0.05, 0) is 26.2 Å². The molecule has 17 heavy (non-hydrogen) atoms. The van der Waals surface area contributed by atoms with Gasteiger partial charge in [-0.15, -0.1) is 0 Å². The molecule has 0 bridgehead atoms. The highest BCUT2D eigenvalue weighted by Gasteiger charge is 2.27. The van der Waals surface area contributed by atoms with E-state index in [1.807, 2.05) is 6.92 Å². The van der Waals surface area contributed by atoms with Gasteiger partial charge in [-0.2, -0.15) is 0 Å². The molecule has 0 aromatic carbocycles. The maximum absolute atomic E-state index is 11.9. The number of nitrogens with two attached hydrogens (primary N) is 1. The highest BCUT2D eigenvalue weighted by molar-refractivity contribution is 5.81. The smallest absolute Gasteiger partial charge is 0.224 e. The Balaban J connectivity index is 2.43. The molecular formula is C12H23N3O2. The molecule has 0 aromatic heterocycles. The Kier molecular flexibility index (Phi) is 5.41. The van der Waals surface area contributed by atoms with E-state index in [0.29, 0.717) is 19.4 Å². The van der Waals surface area contributed by atoms with Crippen molar-refractivity contribution in [1.82, 2.24) is 10.2 Å². The van der Waals surface area contributed by atoms with Crippen LogP contribution in [0.2, 0.25) is 0 Å². The molecule has 0 aromatic rings. The van der Waals surface area contributed by atoms with Crippen molar-refractivity contribution in [1.29, 1.82) is 0 Å². The zero-order valence-corrected chi connectivity index (χ0v) is 10.7. The molecule has 2 atom stereocenters. The van der Waals surface area contributed by atoms with E-state index in [0.717, 1.165) is 19.4 Å². The minimum absolute atomic E-state index is 0.0368. The van der Waals surface area contributed by atoms with Crippen molar-refractivity contribution < 1.29 is 9.59 Å². The van der Waals surface area contributed by atoms with Gasteiger partial charge >= 0.3 is 0 Å². The molecule has 1 aliphatic rings. The molecule has 3 N–H and O–H groups in total. The number of carbonyl (C=O) groups is 2. The van der Waals surface area contributed by atoms with Gasteiger partial charge in [-0.25, -0.2) is 0 Å². The van der Waals surface area contributed by atoms with Crippen molar-refractivity contribution in [3.8, 4) is 0 Å². The van der Waals surface area contributed by atoms with Crippen LogP contribution in [0.4, 0.5) is 0 Å². The van der Waals surface area contributed by atoms with E-state index in [1.54, 1.807) is 11.9 Å². The minimum atomic E-state index is -0.0481. The molecule has 1 rings (SSSR count). The maximum atomic E-state index is 11.9. The Labute approximate surface area is 103 Å². The van der Waals surface area contributed by atoms with Crippen LogP contribution < -0.4 is 11.1 Å². The van der Waals surface area contributed by atoms with Gasteiger partial charge in [0.1, 0.15) is 0 Å². The topological polar surface area (TPSA) is 75.4 Å². The van der Waals surface area contributed by atoms with Gasteiger partial charge < -0.3 is 16.0 Å². The Bertz CT molecular complexity index is 279. The number of rotatable bonds is 4. The summed E-state index contributed by atoms with van der Waals surface area (Å²) in [6.07, 6.45) is 2.97. The van der Waals surface area contributed by atoms with E-state index in [-0.39, 0.29) is 23.8 Å². The molecule has 5 nitrogen and oxygen atoms in total. The molecule has 98 valence electrons. The zero-order chi connectivity index (χ0) is 12.8. The Morgan fingerprint density at radius 3 is 2.82 bits per heavy atom. The number of hydrogen-bond acceptors (Lipinski definition) is 3. The Morgan fingerprint density at radius 1 is 1.53 bits per heavy atom. The monoisotopic (exact) mass is 241 g/mol. The number of likely N-dealkylation sites (tertiary alicyclic amines) is 1. The summed E-state index contributed by atoms with van der Waals surface area (Å²) in [6, 6.07) is 0.0541. The van der Waals surface area contributed by atoms with Crippen LogP contribution in [0, 0.1) is 5.92 Å². The lowest BCUT2D eigenvalue weighted by Gasteiger charge is -2.32. The molecular weight excluding hydrogens is 218 g/mol. The number of carbonyl (C=O) groups excluding carboxylic acids is 2. The summed E-state index contributed by atoms with van der Waals surface area (Å²) in [4.78, 5) is 25.2. The molecule has 5 heteroatoms. The molecule has 2 unspecified atom stereocenters. The van der Waals surface area contributed by atoms with E-state index in [9.17, 15) is 9.59 Å². The van der Waals surface area contributed by atoms with Crippen LogP contribution in [0.15, 0.2) is 0 Å². The first-order valence-electron chi connectivity index (χ1n) is 6.29. The fraction of sp³-hybridized carbons (Fsp3) is 0.833. The summed E-state index contributed by atoms with van der Waals surface area (Å²) in [5.41, 5.74) is 5.63. The van der Waals surface area contributed by atoms with Crippen molar-refractivity contribution >= 4 is 11.8 Å². The first-order chi connectivity index (χ1) is 8.04. The van der Waals surface area contributed by atoms with E-state index in [1.165, 1.54) is 0 Å². The van der Waals surface area contributed by atoms with Crippen molar-refractivity contribution in [3.63, 3.8) is 0 Å². The maximum Gasteiger partial charge on any atom is 0.224 e. The fourth-order valence-electron chi connectivity index (χ4n) is 2.13. The highest BCUT2D eigenvalue weighted by Crippen LogP contribution is 2.17. The summed E-state index contributed by atoms with van der Waals surface area (Å²) >= 11 is 0. The first kappa shape index (κ1) is 14.0. The van der Waals surface area contributed by atoms with Crippen LogP contribution in [-0.4, -0.2) is 42.9 Å². The summed E-state index contributed by atoms with van der Waals surface area (Å²) in [5.74, 6) is 0.110.